The second-order valence-electron chi connectivity index (χ2n) is 13.0. The van der Waals surface area contributed by atoms with Crippen molar-refractivity contribution in [2.45, 2.75) is 92.1 Å². The number of carbonyl (C=O) groups excluding carboxylic acids is 2. The van der Waals surface area contributed by atoms with Gasteiger partial charge in [0.2, 0.25) is 12.6 Å². The van der Waals surface area contributed by atoms with Crippen LogP contribution in [0.25, 0.3) is 11.0 Å². The van der Waals surface area contributed by atoms with Gasteiger partial charge in [0.25, 0.3) is 5.56 Å². The van der Waals surface area contributed by atoms with Crippen molar-refractivity contribution in [2.75, 3.05) is 6.61 Å². The average molecular weight is 778 g/mol. The van der Waals surface area contributed by atoms with Crippen molar-refractivity contribution in [3.8, 4) is 0 Å². The maximum Gasteiger partial charge on any atom is 0.489 e. The fourth-order valence-corrected chi connectivity index (χ4v) is 7.29. The molecular formula is C30H41N3O17P2. The van der Waals surface area contributed by atoms with Crippen molar-refractivity contribution in [1.29, 1.82) is 0 Å². The quantitative estimate of drug-likeness (QED) is 0.114. The number of aliphatic hydroxyl groups is 2. The zero-order valence-corrected chi connectivity index (χ0v) is 31.0. The molecule has 0 amide bonds. The van der Waals surface area contributed by atoms with Gasteiger partial charge in [-0.25, -0.2) is 23.0 Å². The van der Waals surface area contributed by atoms with Crippen LogP contribution in [0.15, 0.2) is 50.6 Å². The van der Waals surface area contributed by atoms with Gasteiger partial charge in [-0.3, -0.25) is 28.0 Å². The van der Waals surface area contributed by atoms with E-state index in [0.717, 1.165) is 35.2 Å². The van der Waals surface area contributed by atoms with E-state index in [1.807, 2.05) is 0 Å². The van der Waals surface area contributed by atoms with Crippen LogP contribution in [0.3, 0.4) is 0 Å². The molecule has 8 atom stereocenters. The van der Waals surface area contributed by atoms with Gasteiger partial charge >= 0.3 is 33.3 Å². The van der Waals surface area contributed by atoms with Gasteiger partial charge in [-0.05, 0) is 46.8 Å². The van der Waals surface area contributed by atoms with E-state index < -0.39 is 93.9 Å². The summed E-state index contributed by atoms with van der Waals surface area (Å²) in [5, 5.41) is 26.0. The molecule has 1 aliphatic heterocycles. The molecule has 1 saturated heterocycles. The van der Waals surface area contributed by atoms with Crippen molar-refractivity contribution < 1.29 is 70.4 Å². The van der Waals surface area contributed by atoms with E-state index in [4.69, 9.17) is 36.6 Å². The number of esters is 2. The summed E-state index contributed by atoms with van der Waals surface area (Å²) in [7, 11) is -10.8. The molecule has 1 fully saturated rings. The Labute approximate surface area is 296 Å². The highest BCUT2D eigenvalue weighted by atomic mass is 31.3. The van der Waals surface area contributed by atoms with E-state index in [2.05, 4.69) is 5.16 Å². The van der Waals surface area contributed by atoms with Crippen molar-refractivity contribution in [2.24, 2.45) is 11.3 Å². The Morgan fingerprint density at radius 2 is 1.62 bits per heavy atom. The molecule has 52 heavy (non-hydrogen) atoms. The number of benzene rings is 1. The topological polar surface area (TPSA) is 264 Å². The van der Waals surface area contributed by atoms with Crippen LogP contribution in [-0.4, -0.2) is 78.8 Å². The van der Waals surface area contributed by atoms with Gasteiger partial charge in [0.15, 0.2) is 11.8 Å². The molecule has 0 aliphatic carbocycles. The van der Waals surface area contributed by atoms with Gasteiger partial charge in [-0.1, -0.05) is 31.1 Å². The number of para-hydroxylation sites is 1. The number of rotatable bonds is 15. The van der Waals surface area contributed by atoms with Crippen molar-refractivity contribution in [1.82, 2.24) is 14.3 Å². The summed E-state index contributed by atoms with van der Waals surface area (Å²) in [6.07, 6.45) is -9.21. The van der Waals surface area contributed by atoms with Crippen molar-refractivity contribution in [3.05, 3.63) is 63.1 Å². The lowest BCUT2D eigenvalue weighted by molar-refractivity contribution is -0.176. The molecule has 0 saturated carbocycles. The summed E-state index contributed by atoms with van der Waals surface area (Å²) >= 11 is 0. The van der Waals surface area contributed by atoms with Gasteiger partial charge in [0.05, 0.1) is 24.5 Å². The Morgan fingerprint density at radius 3 is 2.25 bits per heavy atom. The predicted octanol–water partition coefficient (Wildman–Crippen LogP) is 2.57. The highest BCUT2D eigenvalue weighted by Crippen LogP contribution is 2.64. The summed E-state index contributed by atoms with van der Waals surface area (Å²) in [5.74, 6) is -2.25. The van der Waals surface area contributed by atoms with Crippen molar-refractivity contribution in [3.63, 3.8) is 0 Å². The second kappa shape index (κ2) is 16.2. The molecule has 3 aromatic rings. The Balaban J connectivity index is 1.49. The zero-order chi connectivity index (χ0) is 38.8. The van der Waals surface area contributed by atoms with Crippen LogP contribution in [0.4, 0.5) is 0 Å². The minimum atomic E-state index is -5.51. The number of nitrogens with zero attached hydrogens (tertiary/aromatic N) is 3. The summed E-state index contributed by atoms with van der Waals surface area (Å²) < 4.78 is 69.0. The fourth-order valence-electron chi connectivity index (χ4n) is 4.58. The molecule has 5 unspecified atom stereocenters. The van der Waals surface area contributed by atoms with Crippen LogP contribution in [0.1, 0.15) is 60.4 Å². The number of hydrogen-bond donors (Lipinski definition) is 3. The van der Waals surface area contributed by atoms with Crippen LogP contribution in [0.2, 0.25) is 0 Å². The third kappa shape index (κ3) is 10.1. The van der Waals surface area contributed by atoms with E-state index in [0.29, 0.717) is 11.0 Å². The summed E-state index contributed by atoms with van der Waals surface area (Å²) in [4.78, 5) is 61.0. The minimum absolute atomic E-state index is 0.268. The van der Waals surface area contributed by atoms with Crippen LogP contribution in [-0.2, 0) is 57.4 Å². The molecule has 1 aliphatic rings. The monoisotopic (exact) mass is 777 g/mol. The molecule has 0 radical (unpaired) electrons. The van der Waals surface area contributed by atoms with E-state index in [1.165, 1.54) is 34.6 Å². The molecule has 2 aromatic heterocycles. The van der Waals surface area contributed by atoms with E-state index >= 15 is 0 Å². The molecule has 288 valence electrons. The number of aromatic nitrogens is 3. The maximum absolute atomic E-state index is 13.6. The molecule has 0 bridgehead atoms. The Bertz CT molecular complexity index is 1970. The summed E-state index contributed by atoms with van der Waals surface area (Å²) in [6, 6.07) is 7.78. The molecule has 1 aromatic carbocycles. The third-order valence-corrected chi connectivity index (χ3v) is 10.5. The zero-order valence-electron chi connectivity index (χ0n) is 29.2. The summed E-state index contributed by atoms with van der Waals surface area (Å²) in [6.45, 7) is 8.46. The first-order valence-electron chi connectivity index (χ1n) is 15.8. The first kappa shape index (κ1) is 41.2. The molecular weight excluding hydrogens is 736 g/mol. The number of aliphatic hydroxyl groups excluding tert-OH is 2. The van der Waals surface area contributed by atoms with Gasteiger partial charge in [-0.15, -0.1) is 0 Å². The Morgan fingerprint density at radius 1 is 0.981 bits per heavy atom. The largest absolute Gasteiger partial charge is 0.489 e. The molecule has 22 heteroatoms. The normalized spacial score (nSPS) is 22.8. The lowest BCUT2D eigenvalue weighted by Crippen LogP contribution is -2.43. The minimum Gasteiger partial charge on any atom is -0.435 e. The average Bonchev–Trinajstić information content (AvgIpc) is 3.56. The highest BCUT2D eigenvalue weighted by Gasteiger charge is 2.47. The Hall–Kier alpha value is -3.55. The van der Waals surface area contributed by atoms with E-state index in [-0.39, 0.29) is 12.2 Å². The molecule has 20 nitrogen and oxygen atoms in total. The standard InChI is InChI=1S/C30H41N3O17P2/c1-16(2)27(37)44-17(3)48-52(42,49-18(4)45-28(38)30(5,6)7)50-51(40,41)43-15-22-24(35)25(36)26(46-22)32-13-12-23(34)33(29(32)39)14-20-19-10-8-9-11-21(19)47-31-20/h8-13,16-18,22,24-26,35-36H,14-15H2,1-7H3,(H,40,41)/t17?,18?,22-,24?,25+,26-,52?/m1/s1. The first-order chi connectivity index (χ1) is 24.1. The van der Waals surface area contributed by atoms with Crippen LogP contribution in [0.5, 0.6) is 0 Å². The van der Waals surface area contributed by atoms with Crippen LogP contribution in [0, 0.1) is 11.3 Å². The van der Waals surface area contributed by atoms with Crippen LogP contribution < -0.4 is 11.2 Å². The number of carbonyl (C=O) groups is 2. The smallest absolute Gasteiger partial charge is 0.435 e. The SMILES string of the molecule is CC(OC(=O)C(C)C)OP(=O)(OC(C)OC(=O)C(C)(C)C)OP(=O)(O)OC[C@H]1O[C@@H](n2ccc(=O)n(Cc3noc4ccccc34)c2=O)[C@@H](O)C1O. The number of phosphoric acid groups is 2. The molecule has 3 heterocycles. The van der Waals surface area contributed by atoms with E-state index in [1.54, 1.807) is 24.3 Å². The molecule has 4 rings (SSSR count). The van der Waals surface area contributed by atoms with Gasteiger partial charge in [0, 0.05) is 17.6 Å². The maximum atomic E-state index is 13.6. The third-order valence-electron chi connectivity index (χ3n) is 7.27. The highest BCUT2D eigenvalue weighted by molar-refractivity contribution is 7.61. The van der Waals surface area contributed by atoms with Gasteiger partial charge in [0.1, 0.15) is 24.0 Å². The number of phosphoric ester groups is 2. The molecule has 3 N–H and O–H groups in total. The summed E-state index contributed by atoms with van der Waals surface area (Å²) in [5.41, 5.74) is -2.02. The van der Waals surface area contributed by atoms with Gasteiger partial charge in [-0.2, -0.15) is 4.31 Å². The second-order valence-corrected chi connectivity index (χ2v) is 16.2. The lowest BCUT2D eigenvalue weighted by Gasteiger charge is -2.27. The Kier molecular flexibility index (Phi) is 12.9. The first-order valence-corrected chi connectivity index (χ1v) is 18.8. The molecule has 0 spiro atoms. The van der Waals surface area contributed by atoms with Crippen LogP contribution >= 0.6 is 15.6 Å². The predicted molar refractivity (Wildman–Crippen MR) is 176 cm³/mol. The number of ether oxygens (including phenoxy) is 3. The van der Waals surface area contributed by atoms with Crippen molar-refractivity contribution >= 4 is 38.6 Å². The number of fused-ring (bicyclic) bond motifs is 1. The lowest BCUT2D eigenvalue weighted by atomic mass is 9.97. The number of hydrogen-bond acceptors (Lipinski definition) is 17. The van der Waals surface area contributed by atoms with E-state index in [9.17, 15) is 43.4 Å². The fraction of sp³-hybridized carbons (Fsp3) is 0.567. The van der Waals surface area contributed by atoms with Gasteiger partial charge < -0.3 is 33.8 Å².